The van der Waals surface area contributed by atoms with E-state index in [1.54, 1.807) is 18.2 Å². The number of aliphatic hydroxyl groups excluding tert-OH is 1. The molecule has 2 atom stereocenters. The second-order valence-electron chi connectivity index (χ2n) is 3.55. The molecule has 0 unspecified atom stereocenters. The number of nitrogens with zero attached hydrogens (tertiary/aromatic N) is 1. The largest absolute Gasteiger partial charge is 0.474 e. The third kappa shape index (κ3) is 2.84. The number of para-hydroxylation sites is 1. The molecule has 0 saturated carbocycles. The lowest BCUT2D eigenvalue weighted by Crippen LogP contribution is -2.59. The molecule has 0 heterocycles. The van der Waals surface area contributed by atoms with Crippen molar-refractivity contribution in [1.82, 2.24) is 0 Å². The third-order valence-corrected chi connectivity index (χ3v) is 2.26. The average molecular weight is 270 g/mol. The van der Waals surface area contributed by atoms with Crippen LogP contribution < -0.4 is 5.32 Å². The Labute approximate surface area is 106 Å². The third-order valence-electron chi connectivity index (χ3n) is 2.26. The summed E-state index contributed by atoms with van der Waals surface area (Å²) in [6, 6.07) is 7.54. The number of anilines is 1. The number of nitrogens with one attached hydrogen (secondary N) is 1. The maximum absolute atomic E-state index is 11.5. The van der Waals surface area contributed by atoms with Crippen molar-refractivity contribution in [2.24, 2.45) is 0 Å². The quantitative estimate of drug-likeness (QED) is 0.305. The van der Waals surface area contributed by atoms with Crippen molar-refractivity contribution in [2.45, 2.75) is 11.8 Å². The number of carbonyl (C=O) groups is 2. The van der Waals surface area contributed by atoms with Gasteiger partial charge < -0.3 is 20.6 Å². The summed E-state index contributed by atoms with van der Waals surface area (Å²) in [6.07, 6.45) is -2.76. The molecule has 0 spiro atoms. The van der Waals surface area contributed by atoms with Crippen LogP contribution in [-0.4, -0.2) is 43.9 Å². The van der Waals surface area contributed by atoms with Gasteiger partial charge in [-0.1, -0.05) is 18.2 Å². The van der Waals surface area contributed by atoms with Crippen LogP contribution >= 0.6 is 0 Å². The number of carboxylic acid groups (broad SMARTS) is 1. The van der Waals surface area contributed by atoms with Gasteiger partial charge in [-0.05, 0) is 12.1 Å². The Morgan fingerprint density at radius 1 is 1.32 bits per heavy atom. The van der Waals surface area contributed by atoms with E-state index in [0.717, 1.165) is 0 Å². The topological polar surface area (TPSA) is 150 Å². The van der Waals surface area contributed by atoms with Crippen LogP contribution in [0.2, 0.25) is 0 Å². The number of nitro groups is 1. The average Bonchev–Trinajstić information content (AvgIpc) is 2.37. The molecule has 0 fully saturated rings. The first kappa shape index (κ1) is 14.5. The predicted octanol–water partition coefficient (Wildman–Crippen LogP) is -0.964. The van der Waals surface area contributed by atoms with Gasteiger partial charge in [0.1, 0.15) is 0 Å². The molecule has 1 amide bonds. The van der Waals surface area contributed by atoms with Crippen LogP contribution in [0.5, 0.6) is 0 Å². The molecule has 0 aromatic heterocycles. The molecule has 19 heavy (non-hydrogen) atoms. The lowest BCUT2D eigenvalue weighted by atomic mass is 10.1. The van der Waals surface area contributed by atoms with Crippen LogP contribution in [0.25, 0.3) is 0 Å². The normalized spacial score (nSPS) is 15.1. The highest BCUT2D eigenvalue weighted by Crippen LogP contribution is 2.15. The Morgan fingerprint density at radius 2 is 1.84 bits per heavy atom. The number of rotatable bonds is 5. The Kier molecular flexibility index (Phi) is 4.14. The van der Waals surface area contributed by atoms with Gasteiger partial charge in [-0.2, -0.15) is 0 Å². The first-order valence-electron chi connectivity index (χ1n) is 4.94. The van der Waals surface area contributed by atoms with Gasteiger partial charge >= 0.3 is 11.7 Å². The Hall–Kier alpha value is -2.52. The number of aliphatic carboxylic acids is 1. The molecule has 0 aliphatic rings. The van der Waals surface area contributed by atoms with Gasteiger partial charge in [0.15, 0.2) is 0 Å². The van der Waals surface area contributed by atoms with Crippen LogP contribution in [0.3, 0.4) is 0 Å². The monoisotopic (exact) mass is 270 g/mol. The molecule has 0 aliphatic heterocycles. The summed E-state index contributed by atoms with van der Waals surface area (Å²) in [5, 5.41) is 39.7. The summed E-state index contributed by atoms with van der Waals surface area (Å²) in [4.78, 5) is 31.0. The zero-order valence-corrected chi connectivity index (χ0v) is 9.39. The highest BCUT2D eigenvalue weighted by Gasteiger charge is 2.60. The number of hydrogen-bond acceptors (Lipinski definition) is 6. The Morgan fingerprint density at radius 3 is 2.26 bits per heavy atom. The van der Waals surface area contributed by atoms with E-state index in [2.05, 4.69) is 0 Å². The number of benzene rings is 1. The predicted molar refractivity (Wildman–Crippen MR) is 60.7 cm³/mol. The molecular weight excluding hydrogens is 260 g/mol. The van der Waals surface area contributed by atoms with Crippen molar-refractivity contribution in [3.8, 4) is 0 Å². The standard InChI is InChI=1S/C10H10N2O7/c13-7(10(17,9(15)16)12(18)19)8(14)11-6-4-2-1-3-5-6/h1-5,7,13,17H,(H,11,14)(H,15,16)/t7-,10-/m1/s1. The second-order valence-corrected chi connectivity index (χ2v) is 3.55. The maximum atomic E-state index is 11.5. The van der Waals surface area contributed by atoms with Crippen molar-refractivity contribution in [3.05, 3.63) is 40.4 Å². The molecule has 4 N–H and O–H groups in total. The second kappa shape index (κ2) is 5.42. The molecule has 0 radical (unpaired) electrons. The van der Waals surface area contributed by atoms with Crippen molar-refractivity contribution in [3.63, 3.8) is 0 Å². The van der Waals surface area contributed by atoms with E-state index in [0.29, 0.717) is 0 Å². The van der Waals surface area contributed by atoms with Crippen LogP contribution in [0.1, 0.15) is 0 Å². The molecule has 1 aromatic carbocycles. The lowest BCUT2D eigenvalue weighted by molar-refractivity contribution is -0.616. The summed E-state index contributed by atoms with van der Waals surface area (Å²) in [5.41, 5.74) is -3.62. The maximum Gasteiger partial charge on any atom is 0.454 e. The lowest BCUT2D eigenvalue weighted by Gasteiger charge is -2.19. The molecule has 0 bridgehead atoms. The zero-order valence-electron chi connectivity index (χ0n) is 9.39. The van der Waals surface area contributed by atoms with Gasteiger partial charge in [-0.15, -0.1) is 0 Å². The number of carbonyl (C=O) groups excluding carboxylic acids is 1. The van der Waals surface area contributed by atoms with Gasteiger partial charge in [0.2, 0.25) is 6.10 Å². The fraction of sp³-hybridized carbons (Fsp3) is 0.200. The number of aliphatic hydroxyl groups is 2. The van der Waals surface area contributed by atoms with Crippen molar-refractivity contribution < 1.29 is 29.8 Å². The molecule has 0 saturated heterocycles. The fourth-order valence-corrected chi connectivity index (χ4v) is 1.21. The van der Waals surface area contributed by atoms with Gasteiger partial charge in [0.25, 0.3) is 5.91 Å². The fourth-order valence-electron chi connectivity index (χ4n) is 1.21. The van der Waals surface area contributed by atoms with Crippen LogP contribution in [-0.2, 0) is 9.59 Å². The van der Waals surface area contributed by atoms with E-state index in [-0.39, 0.29) is 5.69 Å². The van der Waals surface area contributed by atoms with E-state index < -0.39 is 28.6 Å². The van der Waals surface area contributed by atoms with E-state index >= 15 is 0 Å². The summed E-state index contributed by atoms with van der Waals surface area (Å²) < 4.78 is 0. The van der Waals surface area contributed by atoms with E-state index in [1.165, 1.54) is 12.1 Å². The minimum absolute atomic E-state index is 0.183. The Balaban J connectivity index is 2.93. The number of amides is 1. The molecule has 1 rings (SSSR count). The van der Waals surface area contributed by atoms with Crippen LogP contribution in [0.15, 0.2) is 30.3 Å². The van der Waals surface area contributed by atoms with Crippen molar-refractivity contribution in [1.29, 1.82) is 0 Å². The first-order chi connectivity index (χ1) is 8.80. The minimum atomic E-state index is -3.81. The number of hydrogen-bond donors (Lipinski definition) is 4. The van der Waals surface area contributed by atoms with E-state index in [4.69, 9.17) is 5.11 Å². The summed E-state index contributed by atoms with van der Waals surface area (Å²) in [7, 11) is 0. The highest BCUT2D eigenvalue weighted by atomic mass is 16.7. The molecule has 9 nitrogen and oxygen atoms in total. The molecular formula is C10H10N2O7. The SMILES string of the molecule is O=C(Nc1ccccc1)[C@@H](O)[C@@](O)(C(=O)O)[N+](=O)[O-]. The number of carboxylic acids is 1. The van der Waals surface area contributed by atoms with Crippen molar-refractivity contribution >= 4 is 17.6 Å². The molecule has 0 aliphatic carbocycles. The van der Waals surface area contributed by atoms with E-state index in [9.17, 15) is 29.9 Å². The van der Waals surface area contributed by atoms with E-state index in [1.807, 2.05) is 5.32 Å². The van der Waals surface area contributed by atoms with Gasteiger partial charge in [-0.25, -0.2) is 4.79 Å². The van der Waals surface area contributed by atoms with Crippen LogP contribution in [0, 0.1) is 10.1 Å². The summed E-state index contributed by atoms with van der Waals surface area (Å²) >= 11 is 0. The zero-order chi connectivity index (χ0) is 14.6. The molecule has 1 aromatic rings. The Bertz CT molecular complexity index is 488. The molecule has 102 valence electrons. The summed E-state index contributed by atoms with van der Waals surface area (Å²) in [5.74, 6) is -3.75. The van der Waals surface area contributed by atoms with Gasteiger partial charge in [-0.3, -0.25) is 14.9 Å². The summed E-state index contributed by atoms with van der Waals surface area (Å²) in [6.45, 7) is 0. The van der Waals surface area contributed by atoms with Gasteiger partial charge in [0, 0.05) is 5.69 Å². The first-order valence-corrected chi connectivity index (χ1v) is 4.94. The molecule has 9 heteroatoms. The smallest absolute Gasteiger partial charge is 0.454 e. The van der Waals surface area contributed by atoms with Gasteiger partial charge in [0.05, 0.1) is 4.92 Å². The highest BCUT2D eigenvalue weighted by molar-refractivity contribution is 5.98. The van der Waals surface area contributed by atoms with Crippen LogP contribution in [0.4, 0.5) is 5.69 Å². The minimum Gasteiger partial charge on any atom is -0.474 e. The van der Waals surface area contributed by atoms with Crippen molar-refractivity contribution in [2.75, 3.05) is 5.32 Å².